The molecule has 2 aromatic heterocycles. The highest BCUT2D eigenvalue weighted by atomic mass is 32.2. The van der Waals surface area contributed by atoms with Gasteiger partial charge >= 0.3 is 5.97 Å². The van der Waals surface area contributed by atoms with Gasteiger partial charge in [0.25, 0.3) is 5.19 Å². The lowest BCUT2D eigenvalue weighted by atomic mass is 10.5. The second kappa shape index (κ2) is 4.63. The van der Waals surface area contributed by atoms with E-state index in [-0.39, 0.29) is 20.8 Å². The summed E-state index contributed by atoms with van der Waals surface area (Å²) < 4.78 is 28.7. The van der Waals surface area contributed by atoms with Crippen LogP contribution < -0.4 is 4.74 Å². The summed E-state index contributed by atoms with van der Waals surface area (Å²) in [6, 6.07) is 0. The van der Waals surface area contributed by atoms with Crippen LogP contribution in [0.15, 0.2) is 17.3 Å². The normalized spacial score (nSPS) is 11.5. The molecule has 0 aliphatic heterocycles. The van der Waals surface area contributed by atoms with Crippen LogP contribution in [0, 0.1) is 0 Å². The van der Waals surface area contributed by atoms with E-state index < -0.39 is 15.8 Å². The molecule has 0 saturated heterocycles. The Morgan fingerprint density at radius 1 is 1.53 bits per heavy atom. The molecule has 0 unspecified atom stereocenters. The lowest BCUT2D eigenvalue weighted by Crippen LogP contribution is -2.03. The molecular weight excluding hydrogens is 294 g/mol. The minimum absolute atomic E-state index is 0.0178. The van der Waals surface area contributed by atoms with Gasteiger partial charge in [-0.05, 0) is 0 Å². The van der Waals surface area contributed by atoms with Crippen LogP contribution in [0.25, 0.3) is 5.82 Å². The standard InChI is InChI=1S/C9H9N3O5S2/c1-17-9-11-7(6(18-9)8(13)14)12-4-5(3-10-12)19(2,15)16/h3-4H,1-2H3,(H,13,14). The van der Waals surface area contributed by atoms with Crippen molar-refractivity contribution in [3.8, 4) is 11.0 Å². The number of sulfone groups is 1. The number of aromatic carboxylic acids is 1. The summed E-state index contributed by atoms with van der Waals surface area (Å²) in [5, 5.41) is 13.0. The number of carbonyl (C=O) groups is 1. The van der Waals surface area contributed by atoms with E-state index in [1.165, 1.54) is 13.3 Å². The van der Waals surface area contributed by atoms with Gasteiger partial charge < -0.3 is 9.84 Å². The molecule has 19 heavy (non-hydrogen) atoms. The van der Waals surface area contributed by atoms with Gasteiger partial charge in [-0.25, -0.2) is 17.9 Å². The molecule has 10 heteroatoms. The fourth-order valence-electron chi connectivity index (χ4n) is 1.29. The molecule has 0 fully saturated rings. The summed E-state index contributed by atoms with van der Waals surface area (Å²) in [6.45, 7) is 0. The van der Waals surface area contributed by atoms with Crippen LogP contribution >= 0.6 is 11.3 Å². The third kappa shape index (κ3) is 2.58. The number of carboxylic acid groups (broad SMARTS) is 1. The Balaban J connectivity index is 2.55. The summed E-state index contributed by atoms with van der Waals surface area (Å²) in [6.07, 6.45) is 3.37. The number of ether oxygens (including phenoxy) is 1. The van der Waals surface area contributed by atoms with Crippen molar-refractivity contribution in [2.75, 3.05) is 13.4 Å². The van der Waals surface area contributed by atoms with Crippen LogP contribution in [0.2, 0.25) is 0 Å². The van der Waals surface area contributed by atoms with E-state index in [1.54, 1.807) is 0 Å². The first-order chi connectivity index (χ1) is 8.82. The number of methoxy groups -OCH3 is 1. The molecule has 0 spiro atoms. The average Bonchev–Trinajstić information content (AvgIpc) is 2.94. The van der Waals surface area contributed by atoms with Crippen molar-refractivity contribution < 1.29 is 23.1 Å². The Morgan fingerprint density at radius 2 is 2.21 bits per heavy atom. The maximum absolute atomic E-state index is 11.3. The average molecular weight is 303 g/mol. The van der Waals surface area contributed by atoms with Crippen molar-refractivity contribution in [1.82, 2.24) is 14.8 Å². The second-order valence-corrected chi connectivity index (χ2v) is 6.51. The molecule has 0 aromatic carbocycles. The third-order valence-corrected chi connectivity index (χ3v) is 4.22. The number of nitrogens with zero attached hydrogens (tertiary/aromatic N) is 3. The monoisotopic (exact) mass is 303 g/mol. The van der Waals surface area contributed by atoms with E-state index in [4.69, 9.17) is 9.84 Å². The summed E-state index contributed by atoms with van der Waals surface area (Å²) in [4.78, 5) is 14.9. The molecule has 0 aliphatic carbocycles. The quantitative estimate of drug-likeness (QED) is 0.872. The smallest absolute Gasteiger partial charge is 0.349 e. The van der Waals surface area contributed by atoms with Crippen LogP contribution in [0.3, 0.4) is 0 Å². The predicted molar refractivity (Wildman–Crippen MR) is 65.9 cm³/mol. The summed E-state index contributed by atoms with van der Waals surface area (Å²) in [5.41, 5.74) is 0. The van der Waals surface area contributed by atoms with Gasteiger partial charge in [0.15, 0.2) is 20.5 Å². The molecule has 2 rings (SSSR count). The molecule has 0 saturated carbocycles. The Kier molecular flexibility index (Phi) is 3.28. The highest BCUT2D eigenvalue weighted by Crippen LogP contribution is 2.27. The highest BCUT2D eigenvalue weighted by Gasteiger charge is 2.21. The van der Waals surface area contributed by atoms with E-state index in [1.807, 2.05) is 0 Å². The van der Waals surface area contributed by atoms with Crippen LogP contribution in [-0.2, 0) is 9.84 Å². The van der Waals surface area contributed by atoms with Crippen LogP contribution in [-0.4, -0.2) is 47.6 Å². The van der Waals surface area contributed by atoms with Gasteiger partial charge in [0.2, 0.25) is 0 Å². The molecule has 102 valence electrons. The number of thiazole rings is 1. The highest BCUT2D eigenvalue weighted by molar-refractivity contribution is 7.90. The number of hydrogen-bond acceptors (Lipinski definition) is 7. The Hall–Kier alpha value is -1.94. The molecule has 2 aromatic rings. The molecule has 0 bridgehead atoms. The minimum atomic E-state index is -3.41. The van der Waals surface area contributed by atoms with Gasteiger partial charge in [-0.3, -0.25) is 0 Å². The van der Waals surface area contributed by atoms with Gasteiger partial charge in [0.05, 0.1) is 19.5 Å². The Labute approximate surface area is 112 Å². The molecule has 0 atom stereocenters. The zero-order valence-corrected chi connectivity index (χ0v) is 11.5. The van der Waals surface area contributed by atoms with Crippen molar-refractivity contribution >= 4 is 27.1 Å². The van der Waals surface area contributed by atoms with Crippen molar-refractivity contribution in [2.45, 2.75) is 4.90 Å². The zero-order valence-electron chi connectivity index (χ0n) is 9.89. The van der Waals surface area contributed by atoms with Gasteiger partial charge in [-0.2, -0.15) is 10.1 Å². The Bertz CT molecular complexity index is 731. The van der Waals surface area contributed by atoms with Crippen LogP contribution in [0.5, 0.6) is 5.19 Å². The van der Waals surface area contributed by atoms with E-state index >= 15 is 0 Å². The summed E-state index contributed by atoms with van der Waals surface area (Å²) >= 11 is 0.836. The molecule has 1 N–H and O–H groups in total. The number of carboxylic acids is 1. The summed E-state index contributed by atoms with van der Waals surface area (Å²) in [5.74, 6) is -1.17. The van der Waals surface area contributed by atoms with E-state index in [0.29, 0.717) is 0 Å². The SMILES string of the molecule is COc1nc(-n2cc(S(C)(=O)=O)cn2)c(C(=O)O)s1. The molecule has 2 heterocycles. The zero-order chi connectivity index (χ0) is 14.2. The number of rotatable bonds is 4. The Morgan fingerprint density at radius 3 is 2.68 bits per heavy atom. The molecular formula is C9H9N3O5S2. The molecule has 8 nitrogen and oxygen atoms in total. The second-order valence-electron chi connectivity index (χ2n) is 3.53. The lowest BCUT2D eigenvalue weighted by Gasteiger charge is -1.96. The van der Waals surface area contributed by atoms with Gasteiger partial charge in [-0.15, -0.1) is 0 Å². The third-order valence-electron chi connectivity index (χ3n) is 2.16. The van der Waals surface area contributed by atoms with Crippen molar-refractivity contribution in [1.29, 1.82) is 0 Å². The van der Waals surface area contributed by atoms with Gasteiger partial charge in [0, 0.05) is 6.26 Å². The van der Waals surface area contributed by atoms with Crippen LogP contribution in [0.1, 0.15) is 9.67 Å². The van der Waals surface area contributed by atoms with Crippen molar-refractivity contribution in [3.05, 3.63) is 17.3 Å². The minimum Gasteiger partial charge on any atom is -0.477 e. The molecule has 0 amide bonds. The molecule has 0 aliphatic rings. The maximum atomic E-state index is 11.3. The predicted octanol–water partition coefficient (Wildman–Crippen LogP) is 0.439. The first-order valence-electron chi connectivity index (χ1n) is 4.86. The van der Waals surface area contributed by atoms with E-state index in [0.717, 1.165) is 28.5 Å². The van der Waals surface area contributed by atoms with E-state index in [2.05, 4.69) is 10.1 Å². The van der Waals surface area contributed by atoms with Crippen molar-refractivity contribution in [2.24, 2.45) is 0 Å². The van der Waals surface area contributed by atoms with E-state index in [9.17, 15) is 13.2 Å². The summed E-state index contributed by atoms with van der Waals surface area (Å²) in [7, 11) is -2.05. The fourth-order valence-corrected chi connectivity index (χ4v) is 2.53. The first kappa shape index (κ1) is 13.5. The maximum Gasteiger partial charge on any atom is 0.349 e. The lowest BCUT2D eigenvalue weighted by molar-refractivity contribution is 0.0701. The molecule has 0 radical (unpaired) electrons. The number of hydrogen-bond donors (Lipinski definition) is 1. The number of aromatic nitrogens is 3. The topological polar surface area (TPSA) is 111 Å². The largest absolute Gasteiger partial charge is 0.477 e. The van der Waals surface area contributed by atoms with Crippen LogP contribution in [0.4, 0.5) is 0 Å². The first-order valence-corrected chi connectivity index (χ1v) is 7.57. The van der Waals surface area contributed by atoms with Crippen molar-refractivity contribution in [3.63, 3.8) is 0 Å². The van der Waals surface area contributed by atoms with Gasteiger partial charge in [0.1, 0.15) is 4.90 Å². The fraction of sp³-hybridized carbons (Fsp3) is 0.222. The van der Waals surface area contributed by atoms with Gasteiger partial charge in [-0.1, -0.05) is 11.3 Å².